The van der Waals surface area contributed by atoms with E-state index in [2.05, 4.69) is 26.6 Å². The second kappa shape index (κ2) is 10.3. The van der Waals surface area contributed by atoms with E-state index in [1.165, 1.54) is 17.9 Å². The number of benzene rings is 2. The highest BCUT2D eigenvalue weighted by atomic mass is 79.9. The van der Waals surface area contributed by atoms with Crippen molar-refractivity contribution in [3.05, 3.63) is 52.8 Å². The standard InChI is InChI=1S/C23H25BrFN5O4/c1-15(31)26-13-19-14-30(23(33)34-19)18-6-7-21(20(25)12-18)28-8-10-29(11-9-28)22(32)27-17-4-2-16(24)3-5-17/h2-7,12,19H,8-11,13-14H2,1H3,(H,26,31)(H,27,32)/t19-/m0/s1. The van der Waals surface area contributed by atoms with Gasteiger partial charge in [-0.2, -0.15) is 0 Å². The maximum atomic E-state index is 15.0. The van der Waals surface area contributed by atoms with Gasteiger partial charge in [-0.3, -0.25) is 9.69 Å². The minimum atomic E-state index is -0.576. The number of anilines is 3. The Morgan fingerprint density at radius 3 is 2.47 bits per heavy atom. The molecule has 0 bridgehead atoms. The molecule has 2 aromatic carbocycles. The van der Waals surface area contributed by atoms with Gasteiger partial charge < -0.3 is 25.2 Å². The predicted octanol–water partition coefficient (Wildman–Crippen LogP) is 3.40. The summed E-state index contributed by atoms with van der Waals surface area (Å²) < 4.78 is 21.1. The van der Waals surface area contributed by atoms with E-state index in [0.717, 1.165) is 4.47 Å². The van der Waals surface area contributed by atoms with Crippen molar-refractivity contribution in [3.8, 4) is 0 Å². The van der Waals surface area contributed by atoms with E-state index >= 15 is 0 Å². The largest absolute Gasteiger partial charge is 0.442 e. The maximum Gasteiger partial charge on any atom is 0.414 e. The summed E-state index contributed by atoms with van der Waals surface area (Å²) in [5, 5.41) is 5.48. The molecule has 0 unspecified atom stereocenters. The number of piperazine rings is 1. The number of ether oxygens (including phenoxy) is 1. The number of hydrogen-bond donors (Lipinski definition) is 2. The maximum absolute atomic E-state index is 15.0. The van der Waals surface area contributed by atoms with Crippen LogP contribution in [0.15, 0.2) is 46.9 Å². The van der Waals surface area contributed by atoms with Gasteiger partial charge in [0.05, 0.1) is 24.5 Å². The van der Waals surface area contributed by atoms with Crippen molar-refractivity contribution in [1.82, 2.24) is 10.2 Å². The van der Waals surface area contributed by atoms with Crippen molar-refractivity contribution in [1.29, 1.82) is 0 Å². The molecular formula is C23H25BrFN5O4. The van der Waals surface area contributed by atoms with Crippen LogP contribution in [0, 0.1) is 5.82 Å². The fourth-order valence-electron chi connectivity index (χ4n) is 3.90. The molecule has 0 spiro atoms. The second-order valence-electron chi connectivity index (χ2n) is 8.10. The minimum absolute atomic E-state index is 0.195. The van der Waals surface area contributed by atoms with Crippen LogP contribution in [0.25, 0.3) is 0 Å². The first-order chi connectivity index (χ1) is 16.3. The number of halogens is 2. The van der Waals surface area contributed by atoms with E-state index < -0.39 is 18.0 Å². The van der Waals surface area contributed by atoms with Gasteiger partial charge in [0.2, 0.25) is 5.91 Å². The highest BCUT2D eigenvalue weighted by Crippen LogP contribution is 2.28. The van der Waals surface area contributed by atoms with Crippen LogP contribution >= 0.6 is 15.9 Å². The quantitative estimate of drug-likeness (QED) is 0.614. The van der Waals surface area contributed by atoms with Crippen LogP contribution < -0.4 is 20.4 Å². The number of hydrogen-bond acceptors (Lipinski definition) is 5. The Labute approximate surface area is 205 Å². The number of amides is 4. The SMILES string of the molecule is CC(=O)NC[C@H]1CN(c2ccc(N3CCN(C(=O)Nc4ccc(Br)cc4)CC3)c(F)c2)C(=O)O1. The molecule has 11 heteroatoms. The normalized spacial score (nSPS) is 18.0. The van der Waals surface area contributed by atoms with Crippen molar-refractivity contribution in [2.75, 3.05) is 54.4 Å². The summed E-state index contributed by atoms with van der Waals surface area (Å²) in [5.41, 5.74) is 1.51. The number of rotatable bonds is 5. The first-order valence-electron chi connectivity index (χ1n) is 10.9. The van der Waals surface area contributed by atoms with E-state index in [0.29, 0.717) is 43.2 Å². The summed E-state index contributed by atoms with van der Waals surface area (Å²) in [4.78, 5) is 40.7. The third-order valence-electron chi connectivity index (χ3n) is 5.70. The Balaban J connectivity index is 1.33. The lowest BCUT2D eigenvalue weighted by Crippen LogP contribution is -2.50. The summed E-state index contributed by atoms with van der Waals surface area (Å²) in [6, 6.07) is 11.8. The Morgan fingerprint density at radius 1 is 1.12 bits per heavy atom. The molecule has 2 heterocycles. The number of nitrogens with zero attached hydrogens (tertiary/aromatic N) is 3. The molecule has 2 saturated heterocycles. The van der Waals surface area contributed by atoms with E-state index in [1.807, 2.05) is 29.2 Å². The van der Waals surface area contributed by atoms with Crippen LogP contribution in [-0.4, -0.2) is 68.3 Å². The number of carbonyl (C=O) groups excluding carboxylic acids is 3. The summed E-state index contributed by atoms with van der Waals surface area (Å²) in [6.07, 6.45) is -1.07. The summed E-state index contributed by atoms with van der Waals surface area (Å²) in [5.74, 6) is -0.667. The molecule has 2 aliphatic rings. The highest BCUT2D eigenvalue weighted by Gasteiger charge is 2.33. The molecule has 0 aliphatic carbocycles. The van der Waals surface area contributed by atoms with Crippen molar-refractivity contribution < 1.29 is 23.5 Å². The number of cyclic esters (lactones) is 1. The van der Waals surface area contributed by atoms with Gasteiger partial charge in [-0.1, -0.05) is 15.9 Å². The molecule has 4 rings (SSSR count). The van der Waals surface area contributed by atoms with Crippen LogP contribution in [0.5, 0.6) is 0 Å². The Hall–Kier alpha value is -3.34. The van der Waals surface area contributed by atoms with Crippen molar-refractivity contribution in [3.63, 3.8) is 0 Å². The molecule has 34 heavy (non-hydrogen) atoms. The molecule has 9 nitrogen and oxygen atoms in total. The second-order valence-corrected chi connectivity index (χ2v) is 9.02. The van der Waals surface area contributed by atoms with Crippen molar-refractivity contribution in [2.45, 2.75) is 13.0 Å². The molecule has 0 aromatic heterocycles. The summed E-state index contributed by atoms with van der Waals surface area (Å²) >= 11 is 3.36. The average Bonchev–Trinajstić information content (AvgIpc) is 3.20. The zero-order valence-corrected chi connectivity index (χ0v) is 20.2. The Bertz CT molecular complexity index is 1080. The summed E-state index contributed by atoms with van der Waals surface area (Å²) in [6.45, 7) is 3.68. The molecule has 180 valence electrons. The van der Waals surface area contributed by atoms with Gasteiger partial charge in [-0.05, 0) is 42.5 Å². The molecule has 1 atom stereocenters. The zero-order valence-electron chi connectivity index (χ0n) is 18.6. The molecule has 0 saturated carbocycles. The fourth-order valence-corrected chi connectivity index (χ4v) is 4.17. The predicted molar refractivity (Wildman–Crippen MR) is 130 cm³/mol. The monoisotopic (exact) mass is 533 g/mol. The molecule has 2 fully saturated rings. The Kier molecular flexibility index (Phi) is 7.20. The van der Waals surface area contributed by atoms with Gasteiger partial charge in [0.15, 0.2) is 0 Å². The molecule has 0 radical (unpaired) electrons. The third kappa shape index (κ3) is 5.58. The van der Waals surface area contributed by atoms with Gasteiger partial charge in [-0.15, -0.1) is 0 Å². The average molecular weight is 534 g/mol. The molecule has 4 amide bonds. The van der Waals surface area contributed by atoms with Crippen LogP contribution in [-0.2, 0) is 9.53 Å². The van der Waals surface area contributed by atoms with E-state index in [9.17, 15) is 18.8 Å². The van der Waals surface area contributed by atoms with Crippen LogP contribution in [0.4, 0.5) is 31.0 Å². The minimum Gasteiger partial charge on any atom is -0.442 e. The van der Waals surface area contributed by atoms with Gasteiger partial charge in [0.1, 0.15) is 11.9 Å². The van der Waals surface area contributed by atoms with E-state index in [-0.39, 0.29) is 25.0 Å². The van der Waals surface area contributed by atoms with Crippen molar-refractivity contribution in [2.24, 2.45) is 0 Å². The van der Waals surface area contributed by atoms with Gasteiger partial charge >= 0.3 is 12.1 Å². The highest BCUT2D eigenvalue weighted by molar-refractivity contribution is 9.10. The molecule has 2 aromatic rings. The molecule has 2 aliphatic heterocycles. The molecule has 2 N–H and O–H groups in total. The summed E-state index contributed by atoms with van der Waals surface area (Å²) in [7, 11) is 0. The smallest absolute Gasteiger partial charge is 0.414 e. The topological polar surface area (TPSA) is 94.2 Å². The number of nitrogens with one attached hydrogen (secondary N) is 2. The third-order valence-corrected chi connectivity index (χ3v) is 6.23. The van der Waals surface area contributed by atoms with E-state index in [1.54, 1.807) is 17.0 Å². The van der Waals surface area contributed by atoms with E-state index in [4.69, 9.17) is 4.74 Å². The van der Waals surface area contributed by atoms with Crippen LogP contribution in [0.2, 0.25) is 0 Å². The van der Waals surface area contributed by atoms with Gasteiger partial charge in [-0.25, -0.2) is 14.0 Å². The molecular weight excluding hydrogens is 509 g/mol. The van der Waals surface area contributed by atoms with Crippen molar-refractivity contribution >= 4 is 51.0 Å². The number of urea groups is 1. The first-order valence-corrected chi connectivity index (χ1v) is 11.7. The first kappa shape index (κ1) is 23.8. The lowest BCUT2D eigenvalue weighted by molar-refractivity contribution is -0.119. The number of carbonyl (C=O) groups is 3. The van der Waals surface area contributed by atoms with Gasteiger partial charge in [0.25, 0.3) is 0 Å². The zero-order chi connectivity index (χ0) is 24.2. The lowest BCUT2D eigenvalue weighted by Gasteiger charge is -2.36. The fraction of sp³-hybridized carbons (Fsp3) is 0.348. The lowest BCUT2D eigenvalue weighted by atomic mass is 10.2. The van der Waals surface area contributed by atoms with Crippen LogP contribution in [0.1, 0.15) is 6.92 Å². The van der Waals surface area contributed by atoms with Crippen LogP contribution in [0.3, 0.4) is 0 Å². The van der Waals surface area contributed by atoms with Gasteiger partial charge in [0, 0.05) is 43.3 Å². The Morgan fingerprint density at radius 2 is 1.82 bits per heavy atom.